The number of fused-ring (bicyclic) bond motifs is 12. The highest BCUT2D eigenvalue weighted by atomic mass is 14.4. The van der Waals surface area contributed by atoms with Crippen LogP contribution in [0.5, 0.6) is 0 Å². The zero-order valence-corrected chi connectivity index (χ0v) is 30.0. The topological polar surface area (TPSA) is 0 Å². The molecule has 0 nitrogen and oxygen atoms in total. The van der Waals surface area contributed by atoms with E-state index in [1.54, 1.807) is 0 Å². The smallest absolute Gasteiger partial charge is 0.0159 e. The molecule has 0 bridgehead atoms. The zero-order chi connectivity index (χ0) is 34.9. The Balaban J connectivity index is 1.28. The van der Waals surface area contributed by atoms with Crippen molar-refractivity contribution in [3.63, 3.8) is 0 Å². The molecule has 0 amide bonds. The molecule has 9 aromatic rings. The van der Waals surface area contributed by atoms with E-state index in [1.807, 2.05) is 0 Å². The van der Waals surface area contributed by atoms with E-state index in [0.717, 1.165) is 0 Å². The molecule has 0 radical (unpaired) electrons. The predicted octanol–water partition coefficient (Wildman–Crippen LogP) is 14.2. The summed E-state index contributed by atoms with van der Waals surface area (Å²) in [4.78, 5) is 0. The Labute approximate surface area is 305 Å². The summed E-state index contributed by atoms with van der Waals surface area (Å²) >= 11 is 0. The number of rotatable bonds is 2. The summed E-state index contributed by atoms with van der Waals surface area (Å²) in [5.74, 6) is 0. The third-order valence-electron chi connectivity index (χ3n) is 12.6. The first-order chi connectivity index (χ1) is 25.4. The SMILES string of the molecule is CC1(C)c2ccccc2-c2c1cc(-c1c3ccccc3c(-c3cc4c(c5ccccc35)-c3ccccc3C4(C)C)c3ccccc13)c1ccccc21. The van der Waals surface area contributed by atoms with Gasteiger partial charge >= 0.3 is 0 Å². The summed E-state index contributed by atoms with van der Waals surface area (Å²) in [6, 6.07) is 59.6. The molecule has 52 heavy (non-hydrogen) atoms. The van der Waals surface area contributed by atoms with Gasteiger partial charge in [0.25, 0.3) is 0 Å². The minimum absolute atomic E-state index is 0.107. The first-order valence-electron chi connectivity index (χ1n) is 18.6. The van der Waals surface area contributed by atoms with Crippen LogP contribution >= 0.6 is 0 Å². The van der Waals surface area contributed by atoms with E-state index in [2.05, 4.69) is 185 Å². The number of benzene rings is 9. The van der Waals surface area contributed by atoms with E-state index in [1.165, 1.54) is 110 Å². The van der Waals surface area contributed by atoms with Crippen LogP contribution in [0.1, 0.15) is 49.9 Å². The maximum atomic E-state index is 2.54. The standard InChI is InChI=1S/C52H38/c1-51(2)43-27-15-13-25-39(43)49-33-19-7-5-17-31(33)41(29-45(49)51)47-35-21-9-11-23-37(35)48(38-24-12-10-22-36(38)47)42-30-46-50(34-20-8-6-18-32(34)42)40-26-14-16-28-44(40)52(46,3)4/h5-30H,1-4H3. The molecule has 0 unspecified atom stereocenters. The van der Waals surface area contributed by atoms with E-state index in [-0.39, 0.29) is 10.8 Å². The first kappa shape index (κ1) is 29.7. The molecule has 11 rings (SSSR count). The lowest BCUT2D eigenvalue weighted by Crippen LogP contribution is -2.15. The highest BCUT2D eigenvalue weighted by Gasteiger charge is 2.39. The average Bonchev–Trinajstić information content (AvgIpc) is 3.56. The molecule has 0 heteroatoms. The van der Waals surface area contributed by atoms with Gasteiger partial charge in [0.05, 0.1) is 0 Å². The third-order valence-corrected chi connectivity index (χ3v) is 12.6. The summed E-state index contributed by atoms with van der Waals surface area (Å²) in [6.45, 7) is 9.59. The lowest BCUT2D eigenvalue weighted by molar-refractivity contribution is 0.661. The molecule has 0 saturated heterocycles. The van der Waals surface area contributed by atoms with Crippen LogP contribution in [0.25, 0.3) is 87.6 Å². The predicted molar refractivity (Wildman–Crippen MR) is 222 cm³/mol. The molecule has 0 heterocycles. The van der Waals surface area contributed by atoms with Crippen molar-refractivity contribution >= 4 is 43.1 Å². The largest absolute Gasteiger partial charge is 0.0619 e. The maximum Gasteiger partial charge on any atom is 0.0159 e. The Kier molecular flexibility index (Phi) is 5.89. The van der Waals surface area contributed by atoms with Crippen LogP contribution in [0.2, 0.25) is 0 Å². The summed E-state index contributed by atoms with van der Waals surface area (Å²) in [6.07, 6.45) is 0. The van der Waals surface area contributed by atoms with Gasteiger partial charge in [0.15, 0.2) is 0 Å². The number of hydrogen-bond donors (Lipinski definition) is 0. The van der Waals surface area contributed by atoms with Crippen LogP contribution in [0.3, 0.4) is 0 Å². The van der Waals surface area contributed by atoms with Gasteiger partial charge in [-0.05, 0) is 122 Å². The van der Waals surface area contributed by atoms with Crippen molar-refractivity contribution in [2.75, 3.05) is 0 Å². The molecule has 0 aliphatic heterocycles. The highest BCUT2D eigenvalue weighted by Crippen LogP contribution is 2.57. The van der Waals surface area contributed by atoms with E-state index in [0.29, 0.717) is 0 Å². The normalized spacial score (nSPS) is 14.8. The van der Waals surface area contributed by atoms with Crippen molar-refractivity contribution < 1.29 is 0 Å². The van der Waals surface area contributed by atoms with Crippen LogP contribution < -0.4 is 0 Å². The number of hydrogen-bond acceptors (Lipinski definition) is 0. The molecule has 0 saturated carbocycles. The first-order valence-corrected chi connectivity index (χ1v) is 18.6. The Morgan fingerprint density at radius 2 is 0.519 bits per heavy atom. The molecule has 0 fully saturated rings. The van der Waals surface area contributed by atoms with Gasteiger partial charge in [0.1, 0.15) is 0 Å². The maximum absolute atomic E-state index is 2.54. The van der Waals surface area contributed by atoms with Gasteiger partial charge in [0, 0.05) is 10.8 Å². The van der Waals surface area contributed by atoms with Gasteiger partial charge in [-0.2, -0.15) is 0 Å². The molecule has 9 aromatic carbocycles. The third kappa shape index (κ3) is 3.72. The Morgan fingerprint density at radius 1 is 0.250 bits per heavy atom. The fourth-order valence-corrected chi connectivity index (χ4v) is 10.2. The van der Waals surface area contributed by atoms with Crippen molar-refractivity contribution in [1.82, 2.24) is 0 Å². The minimum atomic E-state index is -0.107. The van der Waals surface area contributed by atoms with E-state index < -0.39 is 0 Å². The quantitative estimate of drug-likeness (QED) is 0.162. The van der Waals surface area contributed by atoms with Crippen LogP contribution in [0.4, 0.5) is 0 Å². The minimum Gasteiger partial charge on any atom is -0.0619 e. The van der Waals surface area contributed by atoms with Gasteiger partial charge in [-0.3, -0.25) is 0 Å². The summed E-state index contributed by atoms with van der Waals surface area (Å²) in [5.41, 5.74) is 16.2. The Morgan fingerprint density at radius 3 is 0.865 bits per heavy atom. The van der Waals surface area contributed by atoms with Crippen molar-refractivity contribution in [1.29, 1.82) is 0 Å². The van der Waals surface area contributed by atoms with Gasteiger partial charge < -0.3 is 0 Å². The average molecular weight is 663 g/mol. The van der Waals surface area contributed by atoms with Crippen LogP contribution in [0, 0.1) is 0 Å². The zero-order valence-electron chi connectivity index (χ0n) is 30.0. The second-order valence-corrected chi connectivity index (χ2v) is 16.0. The van der Waals surface area contributed by atoms with Crippen LogP contribution in [-0.4, -0.2) is 0 Å². The van der Waals surface area contributed by atoms with Gasteiger partial charge in [0.2, 0.25) is 0 Å². The second-order valence-electron chi connectivity index (χ2n) is 16.0. The van der Waals surface area contributed by atoms with E-state index >= 15 is 0 Å². The van der Waals surface area contributed by atoms with Crippen molar-refractivity contribution in [2.45, 2.75) is 38.5 Å². The van der Waals surface area contributed by atoms with E-state index in [9.17, 15) is 0 Å². The summed E-state index contributed by atoms with van der Waals surface area (Å²) in [7, 11) is 0. The van der Waals surface area contributed by atoms with Crippen molar-refractivity contribution in [3.8, 4) is 44.5 Å². The fraction of sp³-hybridized carbons (Fsp3) is 0.115. The van der Waals surface area contributed by atoms with Crippen molar-refractivity contribution in [3.05, 3.63) is 180 Å². The van der Waals surface area contributed by atoms with Crippen molar-refractivity contribution in [2.24, 2.45) is 0 Å². The second kappa shape index (κ2) is 10.3. The molecule has 0 atom stereocenters. The lowest BCUT2D eigenvalue weighted by Gasteiger charge is -2.25. The molecule has 246 valence electrons. The molecular formula is C52H38. The monoisotopic (exact) mass is 662 g/mol. The fourth-order valence-electron chi connectivity index (χ4n) is 10.2. The molecule has 2 aliphatic rings. The Hall–Kier alpha value is -5.98. The Bertz CT molecular complexity index is 2740. The molecule has 0 N–H and O–H groups in total. The van der Waals surface area contributed by atoms with E-state index in [4.69, 9.17) is 0 Å². The summed E-state index contributed by atoms with van der Waals surface area (Å²) < 4.78 is 0. The summed E-state index contributed by atoms with van der Waals surface area (Å²) in [5, 5.41) is 10.4. The highest BCUT2D eigenvalue weighted by molar-refractivity contribution is 6.27. The van der Waals surface area contributed by atoms with Crippen LogP contribution in [-0.2, 0) is 10.8 Å². The molecule has 0 spiro atoms. The molecule has 2 aliphatic carbocycles. The van der Waals surface area contributed by atoms with Gasteiger partial charge in [-0.15, -0.1) is 0 Å². The molecular weight excluding hydrogens is 625 g/mol. The molecule has 0 aromatic heterocycles. The van der Waals surface area contributed by atoms with Gasteiger partial charge in [-0.1, -0.05) is 173 Å². The lowest BCUT2D eigenvalue weighted by atomic mass is 9.77. The van der Waals surface area contributed by atoms with Crippen LogP contribution in [0.15, 0.2) is 158 Å². The van der Waals surface area contributed by atoms with Gasteiger partial charge in [-0.25, -0.2) is 0 Å².